The van der Waals surface area contributed by atoms with Gasteiger partial charge in [0.1, 0.15) is 12.7 Å². The Hall–Kier alpha value is -3.48. The minimum Gasteiger partial charge on any atom is -0.322 e. The summed E-state index contributed by atoms with van der Waals surface area (Å²) >= 11 is 0. The Morgan fingerprint density at radius 2 is 1.92 bits per heavy atom. The lowest BCUT2D eigenvalue weighted by molar-refractivity contribution is -0.116. The predicted octanol–water partition coefficient (Wildman–Crippen LogP) is 2.43. The molecule has 26 heavy (non-hydrogen) atoms. The Balaban J connectivity index is 1.49. The predicted molar refractivity (Wildman–Crippen MR) is 97.5 cm³/mol. The molecule has 7 heteroatoms. The summed E-state index contributed by atoms with van der Waals surface area (Å²) in [5, 5.41) is 6.97. The Bertz CT molecular complexity index is 964. The first-order valence-corrected chi connectivity index (χ1v) is 8.29. The van der Waals surface area contributed by atoms with Gasteiger partial charge < -0.3 is 10.2 Å². The van der Waals surface area contributed by atoms with Gasteiger partial charge in [0.15, 0.2) is 0 Å². The van der Waals surface area contributed by atoms with Crippen LogP contribution in [0.4, 0.5) is 11.4 Å². The molecule has 0 spiro atoms. The lowest BCUT2D eigenvalue weighted by atomic mass is 10.1. The number of hydrogen-bond donors (Lipinski definition) is 1. The van der Waals surface area contributed by atoms with E-state index in [4.69, 9.17) is 0 Å². The van der Waals surface area contributed by atoms with Crippen LogP contribution in [0.15, 0.2) is 55.1 Å². The van der Waals surface area contributed by atoms with E-state index in [0.717, 1.165) is 29.0 Å². The molecule has 1 aromatic heterocycles. The van der Waals surface area contributed by atoms with Crippen molar-refractivity contribution in [3.05, 3.63) is 66.2 Å². The van der Waals surface area contributed by atoms with Crippen LogP contribution in [0, 0.1) is 0 Å². The molecule has 4 rings (SSSR count). The monoisotopic (exact) mass is 347 g/mol. The van der Waals surface area contributed by atoms with Crippen LogP contribution in [0.3, 0.4) is 0 Å². The van der Waals surface area contributed by atoms with Crippen molar-refractivity contribution < 1.29 is 9.59 Å². The second-order valence-corrected chi connectivity index (χ2v) is 6.11. The van der Waals surface area contributed by atoms with Crippen LogP contribution < -0.4 is 10.2 Å². The summed E-state index contributed by atoms with van der Waals surface area (Å²) in [6.07, 6.45) is 3.86. The topological polar surface area (TPSA) is 80.1 Å². The number of benzene rings is 2. The molecule has 1 aliphatic heterocycles. The summed E-state index contributed by atoms with van der Waals surface area (Å²) in [7, 11) is 0. The molecule has 0 aliphatic carbocycles. The molecule has 0 fully saturated rings. The summed E-state index contributed by atoms with van der Waals surface area (Å²) in [5.74, 6) is -0.149. The fourth-order valence-electron chi connectivity index (χ4n) is 3.12. The van der Waals surface area contributed by atoms with Crippen molar-refractivity contribution in [3.63, 3.8) is 0 Å². The van der Waals surface area contributed by atoms with Gasteiger partial charge in [-0.2, -0.15) is 5.10 Å². The molecular formula is C19H17N5O2. The van der Waals surface area contributed by atoms with Gasteiger partial charge in [0.2, 0.25) is 5.91 Å². The van der Waals surface area contributed by atoms with Gasteiger partial charge in [0.25, 0.3) is 5.91 Å². The molecule has 0 saturated heterocycles. The minimum absolute atomic E-state index is 0.0352. The van der Waals surface area contributed by atoms with E-state index in [-0.39, 0.29) is 11.8 Å². The Kier molecular flexibility index (Phi) is 3.96. The zero-order chi connectivity index (χ0) is 18.1. The van der Waals surface area contributed by atoms with Crippen molar-refractivity contribution in [2.75, 3.05) is 16.8 Å². The molecule has 1 N–H and O–H groups in total. The number of rotatable bonds is 3. The van der Waals surface area contributed by atoms with Crippen molar-refractivity contribution in [2.24, 2.45) is 0 Å². The zero-order valence-electron chi connectivity index (χ0n) is 14.2. The number of fused-ring (bicyclic) bond motifs is 1. The standard InChI is InChI=1S/C19H17N5O2/c1-13(25)23-9-8-15-10-16(4-7-18(15)23)22-19(26)14-2-5-17(6-3-14)24-12-20-11-21-24/h2-7,10-12H,8-9H2,1H3,(H,22,26). The minimum atomic E-state index is -0.184. The Morgan fingerprint density at radius 3 is 2.62 bits per heavy atom. The number of aromatic nitrogens is 3. The van der Waals surface area contributed by atoms with Gasteiger partial charge in [-0.15, -0.1) is 0 Å². The largest absolute Gasteiger partial charge is 0.322 e. The van der Waals surface area contributed by atoms with E-state index in [9.17, 15) is 9.59 Å². The SMILES string of the molecule is CC(=O)N1CCc2cc(NC(=O)c3ccc(-n4cncn4)cc3)ccc21. The van der Waals surface area contributed by atoms with E-state index in [0.29, 0.717) is 12.1 Å². The molecule has 0 saturated carbocycles. The lowest BCUT2D eigenvalue weighted by Crippen LogP contribution is -2.25. The second-order valence-electron chi connectivity index (χ2n) is 6.11. The Labute approximate surface area is 150 Å². The van der Waals surface area contributed by atoms with Crippen LogP contribution in [-0.2, 0) is 11.2 Å². The number of nitrogens with zero attached hydrogens (tertiary/aromatic N) is 4. The summed E-state index contributed by atoms with van der Waals surface area (Å²) in [5.41, 5.74) is 4.10. The van der Waals surface area contributed by atoms with Gasteiger partial charge in [-0.3, -0.25) is 9.59 Å². The highest BCUT2D eigenvalue weighted by Gasteiger charge is 2.22. The van der Waals surface area contributed by atoms with Crippen molar-refractivity contribution >= 4 is 23.2 Å². The number of anilines is 2. The number of hydrogen-bond acceptors (Lipinski definition) is 4. The molecule has 7 nitrogen and oxygen atoms in total. The van der Waals surface area contributed by atoms with E-state index >= 15 is 0 Å². The van der Waals surface area contributed by atoms with Crippen LogP contribution in [0.1, 0.15) is 22.8 Å². The molecule has 0 unspecified atom stereocenters. The van der Waals surface area contributed by atoms with Crippen molar-refractivity contribution in [2.45, 2.75) is 13.3 Å². The second kappa shape index (κ2) is 6.44. The van der Waals surface area contributed by atoms with E-state index in [1.54, 1.807) is 35.0 Å². The summed E-state index contributed by atoms with van der Waals surface area (Å²) in [4.78, 5) is 29.7. The van der Waals surface area contributed by atoms with Gasteiger partial charge in [-0.05, 0) is 54.4 Å². The van der Waals surface area contributed by atoms with E-state index in [2.05, 4.69) is 15.4 Å². The van der Waals surface area contributed by atoms with Crippen LogP contribution >= 0.6 is 0 Å². The molecular weight excluding hydrogens is 330 g/mol. The molecule has 2 amide bonds. The van der Waals surface area contributed by atoms with Gasteiger partial charge >= 0.3 is 0 Å². The first-order valence-electron chi connectivity index (χ1n) is 8.29. The van der Waals surface area contributed by atoms with Gasteiger partial charge in [0.05, 0.1) is 5.69 Å². The van der Waals surface area contributed by atoms with Gasteiger partial charge in [0, 0.05) is 30.4 Å². The molecule has 0 radical (unpaired) electrons. The molecule has 0 bridgehead atoms. The molecule has 2 heterocycles. The van der Waals surface area contributed by atoms with E-state index in [1.165, 1.54) is 6.33 Å². The molecule has 1 aliphatic rings. The van der Waals surface area contributed by atoms with Crippen LogP contribution in [0.5, 0.6) is 0 Å². The first kappa shape index (κ1) is 16.0. The molecule has 3 aromatic rings. The zero-order valence-corrected chi connectivity index (χ0v) is 14.2. The summed E-state index contributed by atoms with van der Waals surface area (Å²) in [6, 6.07) is 12.8. The highest BCUT2D eigenvalue weighted by atomic mass is 16.2. The maximum Gasteiger partial charge on any atom is 0.255 e. The molecule has 2 aromatic carbocycles. The third-order valence-corrected chi connectivity index (χ3v) is 4.43. The van der Waals surface area contributed by atoms with E-state index < -0.39 is 0 Å². The smallest absolute Gasteiger partial charge is 0.255 e. The van der Waals surface area contributed by atoms with Gasteiger partial charge in [-0.25, -0.2) is 9.67 Å². The molecule has 130 valence electrons. The fraction of sp³-hybridized carbons (Fsp3) is 0.158. The quantitative estimate of drug-likeness (QED) is 0.789. The Morgan fingerprint density at radius 1 is 1.12 bits per heavy atom. The van der Waals surface area contributed by atoms with Crippen LogP contribution in [-0.4, -0.2) is 33.1 Å². The third kappa shape index (κ3) is 2.95. The van der Waals surface area contributed by atoms with Crippen molar-refractivity contribution in [1.82, 2.24) is 14.8 Å². The average Bonchev–Trinajstić information content (AvgIpc) is 3.31. The van der Waals surface area contributed by atoms with Crippen molar-refractivity contribution in [1.29, 1.82) is 0 Å². The maximum atomic E-state index is 12.5. The van der Waals surface area contributed by atoms with Crippen molar-refractivity contribution in [3.8, 4) is 5.69 Å². The highest BCUT2D eigenvalue weighted by Crippen LogP contribution is 2.30. The van der Waals surface area contributed by atoms with Crippen LogP contribution in [0.2, 0.25) is 0 Å². The van der Waals surface area contributed by atoms with Crippen LogP contribution in [0.25, 0.3) is 5.69 Å². The number of nitrogens with one attached hydrogen (secondary N) is 1. The summed E-state index contributed by atoms with van der Waals surface area (Å²) in [6.45, 7) is 2.25. The number of amides is 2. The molecule has 0 atom stereocenters. The third-order valence-electron chi connectivity index (χ3n) is 4.43. The fourth-order valence-corrected chi connectivity index (χ4v) is 3.12. The highest BCUT2D eigenvalue weighted by molar-refractivity contribution is 6.04. The first-order chi connectivity index (χ1) is 12.6. The lowest BCUT2D eigenvalue weighted by Gasteiger charge is -2.15. The normalized spacial score (nSPS) is 12.7. The summed E-state index contributed by atoms with van der Waals surface area (Å²) < 4.78 is 1.63. The number of carbonyl (C=O) groups is 2. The average molecular weight is 347 g/mol. The van der Waals surface area contributed by atoms with E-state index in [1.807, 2.05) is 30.3 Å². The number of carbonyl (C=O) groups excluding carboxylic acids is 2. The maximum absolute atomic E-state index is 12.5. The van der Waals surface area contributed by atoms with Gasteiger partial charge in [-0.1, -0.05) is 0 Å².